The number of fused-ring (bicyclic) bond motifs is 1. The summed E-state index contributed by atoms with van der Waals surface area (Å²) in [7, 11) is 0. The van der Waals surface area contributed by atoms with Crippen LogP contribution in [0.5, 0.6) is 11.5 Å². The number of nitrogen functional groups attached to an aromatic ring is 1. The summed E-state index contributed by atoms with van der Waals surface area (Å²) >= 11 is 0. The molecule has 0 spiro atoms. The zero-order chi connectivity index (χ0) is 19.6. The number of nitrogens with one attached hydrogen (secondary N) is 2. The van der Waals surface area contributed by atoms with E-state index in [1.54, 1.807) is 0 Å². The third-order valence-corrected chi connectivity index (χ3v) is 5.41. The number of pyridine rings is 1. The highest BCUT2D eigenvalue weighted by atomic mass is 16.5. The van der Waals surface area contributed by atoms with Gasteiger partial charge in [-0.15, -0.1) is 0 Å². The fourth-order valence-corrected chi connectivity index (χ4v) is 3.92. The maximum Gasteiger partial charge on any atom is 0.155 e. The van der Waals surface area contributed by atoms with Crippen LogP contribution >= 0.6 is 0 Å². The topological polar surface area (TPSA) is 88.8 Å². The lowest BCUT2D eigenvalue weighted by molar-refractivity contribution is 0.455. The van der Waals surface area contributed by atoms with E-state index < -0.39 is 0 Å². The summed E-state index contributed by atoms with van der Waals surface area (Å²) in [4.78, 5) is 5.02. The van der Waals surface area contributed by atoms with E-state index in [1.807, 2.05) is 54.6 Å². The fourth-order valence-electron chi connectivity index (χ4n) is 3.92. The van der Waals surface area contributed by atoms with Gasteiger partial charge in [-0.3, -0.25) is 10.1 Å². The van der Waals surface area contributed by atoms with Crippen LogP contribution in [-0.4, -0.2) is 28.3 Å². The molecule has 146 valence electrons. The van der Waals surface area contributed by atoms with Gasteiger partial charge in [-0.05, 0) is 61.9 Å². The molecule has 6 heteroatoms. The molecule has 0 amide bonds. The Morgan fingerprint density at radius 1 is 1.00 bits per heavy atom. The van der Waals surface area contributed by atoms with Crippen molar-refractivity contribution >= 4 is 16.7 Å². The van der Waals surface area contributed by atoms with Crippen molar-refractivity contribution in [3.8, 4) is 22.8 Å². The normalized spacial score (nSPS) is 16.8. The minimum Gasteiger partial charge on any atom is -0.457 e. The first-order valence-corrected chi connectivity index (χ1v) is 9.96. The zero-order valence-corrected chi connectivity index (χ0v) is 16.1. The molecular formula is C23H23N5O. The van der Waals surface area contributed by atoms with Gasteiger partial charge in [0.15, 0.2) is 5.82 Å². The second-order valence-electron chi connectivity index (χ2n) is 7.41. The van der Waals surface area contributed by atoms with Crippen molar-refractivity contribution in [3.63, 3.8) is 0 Å². The molecule has 0 bridgehead atoms. The summed E-state index contributed by atoms with van der Waals surface area (Å²) in [5, 5.41) is 11.6. The number of rotatable bonds is 4. The van der Waals surface area contributed by atoms with E-state index in [0.29, 0.717) is 11.7 Å². The average molecular weight is 385 g/mol. The molecule has 5 rings (SSSR count). The SMILES string of the molecule is Nc1n[nH]c2cc(C3CCCNC3)nc(-c3ccc(Oc4ccccc4)cc3)c12. The molecule has 29 heavy (non-hydrogen) atoms. The molecule has 3 heterocycles. The summed E-state index contributed by atoms with van der Waals surface area (Å²) in [5.74, 6) is 2.47. The van der Waals surface area contributed by atoms with Gasteiger partial charge >= 0.3 is 0 Å². The molecule has 1 saturated heterocycles. The van der Waals surface area contributed by atoms with Crippen LogP contribution in [-0.2, 0) is 0 Å². The third-order valence-electron chi connectivity index (χ3n) is 5.41. The number of nitrogens with zero attached hydrogens (tertiary/aromatic N) is 2. The standard InChI is InChI=1S/C23H23N5O/c24-23-21-20(27-28-23)13-19(16-5-4-12-25-14-16)26-22(21)15-8-10-18(11-9-15)29-17-6-2-1-3-7-17/h1-3,6-11,13,16,25H,4-5,12,14H2,(H3,24,27,28). The lowest BCUT2D eigenvalue weighted by Gasteiger charge is -2.23. The summed E-state index contributed by atoms with van der Waals surface area (Å²) in [6.07, 6.45) is 2.30. The second-order valence-corrected chi connectivity index (χ2v) is 7.41. The number of nitrogens with two attached hydrogens (primary N) is 1. The van der Waals surface area contributed by atoms with Crippen LogP contribution < -0.4 is 15.8 Å². The van der Waals surface area contributed by atoms with Crippen molar-refractivity contribution in [2.24, 2.45) is 0 Å². The van der Waals surface area contributed by atoms with E-state index >= 15 is 0 Å². The molecular weight excluding hydrogens is 362 g/mol. The first-order valence-electron chi connectivity index (χ1n) is 9.96. The molecule has 6 nitrogen and oxygen atoms in total. The van der Waals surface area contributed by atoms with E-state index in [-0.39, 0.29) is 0 Å². The minimum atomic E-state index is 0.400. The van der Waals surface area contributed by atoms with Crippen molar-refractivity contribution in [3.05, 3.63) is 66.4 Å². The third kappa shape index (κ3) is 3.54. The van der Waals surface area contributed by atoms with Crippen LogP contribution in [0.25, 0.3) is 22.2 Å². The first-order chi connectivity index (χ1) is 14.3. The Kier molecular flexibility index (Phi) is 4.62. The number of benzene rings is 2. The van der Waals surface area contributed by atoms with Gasteiger partial charge in [0.05, 0.1) is 16.6 Å². The van der Waals surface area contributed by atoms with E-state index in [9.17, 15) is 0 Å². The molecule has 0 aliphatic carbocycles. The van der Waals surface area contributed by atoms with Gasteiger partial charge in [-0.1, -0.05) is 18.2 Å². The van der Waals surface area contributed by atoms with Crippen molar-refractivity contribution in [1.29, 1.82) is 0 Å². The minimum absolute atomic E-state index is 0.400. The molecule has 2 aromatic heterocycles. The number of para-hydroxylation sites is 1. The molecule has 4 N–H and O–H groups in total. The second kappa shape index (κ2) is 7.56. The molecule has 2 aromatic carbocycles. The van der Waals surface area contributed by atoms with Crippen LogP contribution in [0.3, 0.4) is 0 Å². The van der Waals surface area contributed by atoms with Gasteiger partial charge in [0.1, 0.15) is 11.5 Å². The van der Waals surface area contributed by atoms with Gasteiger partial charge in [-0.25, -0.2) is 0 Å². The molecule has 0 radical (unpaired) electrons. The number of anilines is 1. The number of aromatic nitrogens is 3. The predicted molar refractivity (Wildman–Crippen MR) is 115 cm³/mol. The molecule has 1 unspecified atom stereocenters. The zero-order valence-electron chi connectivity index (χ0n) is 16.1. The van der Waals surface area contributed by atoms with Gasteiger partial charge in [-0.2, -0.15) is 5.10 Å². The Balaban J connectivity index is 1.52. The largest absolute Gasteiger partial charge is 0.457 e. The van der Waals surface area contributed by atoms with Crippen molar-refractivity contribution < 1.29 is 4.74 Å². The highest BCUT2D eigenvalue weighted by Crippen LogP contribution is 2.34. The van der Waals surface area contributed by atoms with Crippen LogP contribution in [0.15, 0.2) is 60.7 Å². The van der Waals surface area contributed by atoms with Crippen LogP contribution in [0.1, 0.15) is 24.5 Å². The van der Waals surface area contributed by atoms with Crippen LogP contribution in [0.2, 0.25) is 0 Å². The number of hydrogen-bond donors (Lipinski definition) is 3. The number of hydrogen-bond acceptors (Lipinski definition) is 5. The van der Waals surface area contributed by atoms with Crippen molar-refractivity contribution in [1.82, 2.24) is 20.5 Å². The van der Waals surface area contributed by atoms with Gasteiger partial charge in [0, 0.05) is 23.7 Å². The Hall–Kier alpha value is -3.38. The van der Waals surface area contributed by atoms with E-state index in [1.165, 1.54) is 0 Å². The molecule has 1 fully saturated rings. The van der Waals surface area contributed by atoms with Crippen LogP contribution in [0, 0.1) is 0 Å². The Morgan fingerprint density at radius 2 is 1.79 bits per heavy atom. The highest BCUT2D eigenvalue weighted by molar-refractivity contribution is 6.00. The molecule has 1 aliphatic heterocycles. The van der Waals surface area contributed by atoms with Crippen molar-refractivity contribution in [2.75, 3.05) is 18.8 Å². The van der Waals surface area contributed by atoms with Crippen molar-refractivity contribution in [2.45, 2.75) is 18.8 Å². The molecule has 0 saturated carbocycles. The molecule has 1 atom stereocenters. The fraction of sp³-hybridized carbons (Fsp3) is 0.217. The summed E-state index contributed by atoms with van der Waals surface area (Å²) in [6, 6.07) is 19.8. The maximum absolute atomic E-state index is 6.16. The van der Waals surface area contributed by atoms with E-state index in [4.69, 9.17) is 15.5 Å². The van der Waals surface area contributed by atoms with Gasteiger partial charge in [0.25, 0.3) is 0 Å². The lowest BCUT2D eigenvalue weighted by Crippen LogP contribution is -2.28. The average Bonchev–Trinajstić information content (AvgIpc) is 3.16. The monoisotopic (exact) mass is 385 g/mol. The number of piperidine rings is 1. The Bertz CT molecular complexity index is 1120. The molecule has 4 aromatic rings. The number of ether oxygens (including phenoxy) is 1. The number of aromatic amines is 1. The first kappa shape index (κ1) is 17.7. The van der Waals surface area contributed by atoms with Crippen LogP contribution in [0.4, 0.5) is 5.82 Å². The quantitative estimate of drug-likeness (QED) is 0.482. The number of H-pyrrole nitrogens is 1. The summed E-state index contributed by atoms with van der Waals surface area (Å²) in [6.45, 7) is 2.02. The predicted octanol–water partition coefficient (Wildman–Crippen LogP) is 4.47. The highest BCUT2D eigenvalue weighted by Gasteiger charge is 2.20. The smallest absolute Gasteiger partial charge is 0.155 e. The van der Waals surface area contributed by atoms with E-state index in [0.717, 1.165) is 65.3 Å². The summed E-state index contributed by atoms with van der Waals surface area (Å²) < 4.78 is 5.91. The Morgan fingerprint density at radius 3 is 2.55 bits per heavy atom. The van der Waals surface area contributed by atoms with Gasteiger partial charge < -0.3 is 15.8 Å². The molecule has 1 aliphatic rings. The summed E-state index contributed by atoms with van der Waals surface area (Å²) in [5.41, 5.74) is 10.0. The Labute approximate surface area is 169 Å². The maximum atomic E-state index is 6.16. The van der Waals surface area contributed by atoms with Gasteiger partial charge in [0.2, 0.25) is 0 Å². The lowest BCUT2D eigenvalue weighted by atomic mass is 9.94. The van der Waals surface area contributed by atoms with E-state index in [2.05, 4.69) is 21.6 Å².